The lowest BCUT2D eigenvalue weighted by atomic mass is 10.1. The normalized spacial score (nSPS) is 12.7. The van der Waals surface area contributed by atoms with Gasteiger partial charge in [0.2, 0.25) is 5.91 Å². The lowest BCUT2D eigenvalue weighted by molar-refractivity contribution is -0.123. The fourth-order valence-corrected chi connectivity index (χ4v) is 1.38. The maximum atomic E-state index is 11.8. The number of amides is 2. The maximum Gasteiger partial charge on any atom is 0.408 e. The van der Waals surface area contributed by atoms with Crippen LogP contribution in [0.15, 0.2) is 0 Å². The Hall–Kier alpha value is -1.26. The number of nitrogens with one attached hydrogen (secondary N) is 2. The third-order valence-corrected chi connectivity index (χ3v) is 2.13. The van der Waals surface area contributed by atoms with Crippen LogP contribution in [0.5, 0.6) is 0 Å². The number of alkyl carbamates (subject to hydrolysis) is 1. The van der Waals surface area contributed by atoms with E-state index < -0.39 is 17.7 Å². The topological polar surface area (TPSA) is 67.4 Å². The second-order valence-electron chi connectivity index (χ2n) is 5.28. The molecule has 1 atom stereocenters. The van der Waals surface area contributed by atoms with Gasteiger partial charge in [-0.25, -0.2) is 4.79 Å². The SMILES string of the molecule is CCCNC(=O)C(CCC)NC(=O)OC(C)(C)C. The number of hydrogen-bond acceptors (Lipinski definition) is 3. The van der Waals surface area contributed by atoms with Gasteiger partial charge in [-0.3, -0.25) is 4.79 Å². The smallest absolute Gasteiger partial charge is 0.408 e. The molecular weight excluding hydrogens is 232 g/mol. The van der Waals surface area contributed by atoms with Gasteiger partial charge >= 0.3 is 6.09 Å². The van der Waals surface area contributed by atoms with Crippen molar-refractivity contribution in [2.75, 3.05) is 6.54 Å². The second-order valence-corrected chi connectivity index (χ2v) is 5.28. The van der Waals surface area contributed by atoms with Crippen molar-refractivity contribution in [3.8, 4) is 0 Å². The minimum atomic E-state index is -0.555. The molecule has 2 amide bonds. The van der Waals surface area contributed by atoms with Crippen LogP contribution in [-0.2, 0) is 9.53 Å². The van der Waals surface area contributed by atoms with Crippen LogP contribution in [0, 0.1) is 0 Å². The molecule has 0 saturated heterocycles. The number of rotatable bonds is 6. The first-order valence-electron chi connectivity index (χ1n) is 6.57. The quantitative estimate of drug-likeness (QED) is 0.767. The molecule has 0 aliphatic heterocycles. The standard InChI is InChI=1S/C13H26N2O3/c1-6-8-10(11(16)14-9-7-2)15-12(17)18-13(3,4)5/h10H,6-9H2,1-5H3,(H,14,16)(H,15,17). The number of ether oxygens (including phenoxy) is 1. The van der Waals surface area contributed by atoms with E-state index in [2.05, 4.69) is 10.6 Å². The molecule has 0 bridgehead atoms. The van der Waals surface area contributed by atoms with Crippen LogP contribution in [0.4, 0.5) is 4.79 Å². The zero-order chi connectivity index (χ0) is 14.2. The second kappa shape index (κ2) is 7.95. The third kappa shape index (κ3) is 7.92. The first kappa shape index (κ1) is 16.7. The number of carbonyl (C=O) groups excluding carboxylic acids is 2. The number of hydrogen-bond donors (Lipinski definition) is 2. The minimum Gasteiger partial charge on any atom is -0.444 e. The van der Waals surface area contributed by atoms with E-state index in [1.165, 1.54) is 0 Å². The van der Waals surface area contributed by atoms with Gasteiger partial charge in [0.25, 0.3) is 0 Å². The summed E-state index contributed by atoms with van der Waals surface area (Å²) in [6.45, 7) is 9.94. The average Bonchev–Trinajstić information content (AvgIpc) is 2.22. The van der Waals surface area contributed by atoms with Crippen molar-refractivity contribution >= 4 is 12.0 Å². The van der Waals surface area contributed by atoms with E-state index in [1.807, 2.05) is 13.8 Å². The predicted octanol–water partition coefficient (Wildman–Crippen LogP) is 2.21. The summed E-state index contributed by atoms with van der Waals surface area (Å²) in [7, 11) is 0. The zero-order valence-corrected chi connectivity index (χ0v) is 12.1. The summed E-state index contributed by atoms with van der Waals surface area (Å²) < 4.78 is 5.14. The minimum absolute atomic E-state index is 0.149. The third-order valence-electron chi connectivity index (χ3n) is 2.13. The van der Waals surface area contributed by atoms with E-state index in [9.17, 15) is 9.59 Å². The summed E-state index contributed by atoms with van der Waals surface area (Å²) >= 11 is 0. The Kier molecular flexibility index (Phi) is 7.39. The molecule has 0 fully saturated rings. The van der Waals surface area contributed by atoms with Gasteiger partial charge in [-0.05, 0) is 33.6 Å². The molecule has 0 radical (unpaired) electrons. The van der Waals surface area contributed by atoms with Gasteiger partial charge in [0, 0.05) is 6.54 Å². The van der Waals surface area contributed by atoms with Crippen molar-refractivity contribution in [3.05, 3.63) is 0 Å². The molecule has 2 N–H and O–H groups in total. The predicted molar refractivity (Wildman–Crippen MR) is 71.4 cm³/mol. The highest BCUT2D eigenvalue weighted by atomic mass is 16.6. The Morgan fingerprint density at radius 3 is 2.22 bits per heavy atom. The van der Waals surface area contributed by atoms with Crippen LogP contribution >= 0.6 is 0 Å². The van der Waals surface area contributed by atoms with E-state index in [0.717, 1.165) is 12.8 Å². The highest BCUT2D eigenvalue weighted by molar-refractivity contribution is 5.85. The fraction of sp³-hybridized carbons (Fsp3) is 0.846. The Morgan fingerprint density at radius 1 is 1.17 bits per heavy atom. The van der Waals surface area contributed by atoms with Gasteiger partial charge in [0.15, 0.2) is 0 Å². The Bertz CT molecular complexity index is 272. The van der Waals surface area contributed by atoms with Crippen molar-refractivity contribution in [3.63, 3.8) is 0 Å². The first-order valence-corrected chi connectivity index (χ1v) is 6.57. The van der Waals surface area contributed by atoms with E-state index >= 15 is 0 Å². The Balaban J connectivity index is 4.34. The molecule has 0 saturated carbocycles. The molecule has 0 aromatic rings. The van der Waals surface area contributed by atoms with Gasteiger partial charge in [-0.15, -0.1) is 0 Å². The summed E-state index contributed by atoms with van der Waals surface area (Å²) in [5, 5.41) is 5.39. The van der Waals surface area contributed by atoms with Crippen molar-refractivity contribution in [1.82, 2.24) is 10.6 Å². The summed E-state index contributed by atoms with van der Waals surface area (Å²) in [4.78, 5) is 23.4. The van der Waals surface area contributed by atoms with Crippen molar-refractivity contribution in [2.24, 2.45) is 0 Å². The fourth-order valence-electron chi connectivity index (χ4n) is 1.38. The van der Waals surface area contributed by atoms with Crippen LogP contribution < -0.4 is 10.6 Å². The highest BCUT2D eigenvalue weighted by Crippen LogP contribution is 2.07. The largest absolute Gasteiger partial charge is 0.444 e. The van der Waals surface area contributed by atoms with E-state index in [1.54, 1.807) is 20.8 Å². The molecule has 0 aromatic carbocycles. The molecule has 5 heteroatoms. The van der Waals surface area contributed by atoms with Gasteiger partial charge in [-0.1, -0.05) is 20.3 Å². The zero-order valence-electron chi connectivity index (χ0n) is 12.1. The van der Waals surface area contributed by atoms with Crippen molar-refractivity contribution in [2.45, 2.75) is 65.5 Å². The summed E-state index contributed by atoms with van der Waals surface area (Å²) in [5.74, 6) is -0.149. The maximum absolute atomic E-state index is 11.8. The molecule has 0 rings (SSSR count). The van der Waals surface area contributed by atoms with Crippen LogP contribution in [0.25, 0.3) is 0 Å². The van der Waals surface area contributed by atoms with Crippen LogP contribution in [0.2, 0.25) is 0 Å². The molecular formula is C13H26N2O3. The van der Waals surface area contributed by atoms with Gasteiger partial charge in [0.1, 0.15) is 11.6 Å². The lowest BCUT2D eigenvalue weighted by Gasteiger charge is -2.23. The Morgan fingerprint density at radius 2 is 1.78 bits per heavy atom. The van der Waals surface area contributed by atoms with Crippen LogP contribution in [0.3, 0.4) is 0 Å². The summed E-state index contributed by atoms with van der Waals surface area (Å²) in [6, 6.07) is -0.517. The molecule has 106 valence electrons. The monoisotopic (exact) mass is 258 g/mol. The molecule has 0 spiro atoms. The molecule has 0 aliphatic carbocycles. The first-order chi connectivity index (χ1) is 8.30. The summed E-state index contributed by atoms with van der Waals surface area (Å²) in [6.07, 6.45) is 1.75. The van der Waals surface area contributed by atoms with Gasteiger partial charge in [-0.2, -0.15) is 0 Å². The van der Waals surface area contributed by atoms with Crippen molar-refractivity contribution < 1.29 is 14.3 Å². The van der Waals surface area contributed by atoms with E-state index in [4.69, 9.17) is 4.74 Å². The van der Waals surface area contributed by atoms with Gasteiger partial charge in [0.05, 0.1) is 0 Å². The molecule has 1 unspecified atom stereocenters. The molecule has 0 aromatic heterocycles. The average molecular weight is 258 g/mol. The van der Waals surface area contributed by atoms with Crippen LogP contribution in [0.1, 0.15) is 53.9 Å². The lowest BCUT2D eigenvalue weighted by Crippen LogP contribution is -2.48. The molecule has 18 heavy (non-hydrogen) atoms. The van der Waals surface area contributed by atoms with E-state index in [0.29, 0.717) is 13.0 Å². The molecule has 0 heterocycles. The van der Waals surface area contributed by atoms with Crippen LogP contribution in [-0.4, -0.2) is 30.2 Å². The summed E-state index contributed by atoms with van der Waals surface area (Å²) in [5.41, 5.74) is -0.555. The van der Waals surface area contributed by atoms with Gasteiger partial charge < -0.3 is 15.4 Å². The van der Waals surface area contributed by atoms with E-state index in [-0.39, 0.29) is 5.91 Å². The number of carbonyl (C=O) groups is 2. The highest BCUT2D eigenvalue weighted by Gasteiger charge is 2.23. The Labute approximate surface area is 110 Å². The molecule has 5 nitrogen and oxygen atoms in total. The van der Waals surface area contributed by atoms with Crippen molar-refractivity contribution in [1.29, 1.82) is 0 Å². The molecule has 0 aliphatic rings.